The third-order valence-electron chi connectivity index (χ3n) is 1.89. The third-order valence-corrected chi connectivity index (χ3v) is 3.06. The minimum absolute atomic E-state index is 0.0150. The van der Waals surface area contributed by atoms with Crippen LogP contribution in [0.2, 0.25) is 0 Å². The second-order valence-electron chi connectivity index (χ2n) is 3.00. The summed E-state index contributed by atoms with van der Waals surface area (Å²) in [5.41, 5.74) is 5.81. The Balaban J connectivity index is 2.56. The number of hydrogen-bond acceptors (Lipinski definition) is 6. The maximum Gasteiger partial charge on any atom is 0.276 e. The Hall–Kier alpha value is -0.590. The van der Waals surface area contributed by atoms with Gasteiger partial charge >= 0.3 is 0 Å². The molecule has 0 radical (unpaired) electrons. The molecule has 0 aromatic carbocycles. The maximum atomic E-state index is 9.10. The zero-order valence-corrected chi connectivity index (χ0v) is 9.12. The molecule has 1 rings (SSSR count). The first-order valence-electron chi connectivity index (χ1n) is 4.50. The summed E-state index contributed by atoms with van der Waals surface area (Å²) in [7, 11) is 0. The lowest BCUT2D eigenvalue weighted by molar-refractivity contribution is 0.280. The van der Waals surface area contributed by atoms with Crippen LogP contribution < -0.4 is 5.73 Å². The molecular weight excluding hydrogens is 202 g/mol. The molecule has 0 spiro atoms. The number of nitrogens with zero attached hydrogens (tertiary/aromatic N) is 2. The molecule has 2 atom stereocenters. The minimum Gasteiger partial charge on any atom is -0.416 e. The van der Waals surface area contributed by atoms with Crippen molar-refractivity contribution in [1.29, 1.82) is 0 Å². The molecule has 14 heavy (non-hydrogen) atoms. The van der Waals surface area contributed by atoms with Crippen molar-refractivity contribution in [3.05, 3.63) is 5.89 Å². The summed E-state index contributed by atoms with van der Waals surface area (Å²) in [6.07, 6.45) is 0.811. The smallest absolute Gasteiger partial charge is 0.276 e. The molecule has 1 aromatic rings. The van der Waals surface area contributed by atoms with Crippen LogP contribution in [0.15, 0.2) is 9.64 Å². The Morgan fingerprint density at radius 2 is 2.29 bits per heavy atom. The van der Waals surface area contributed by atoms with Crippen LogP contribution in [0.1, 0.15) is 19.2 Å². The average Bonchev–Trinajstić information content (AvgIpc) is 2.59. The van der Waals surface area contributed by atoms with Gasteiger partial charge in [0, 0.05) is 13.0 Å². The Morgan fingerprint density at radius 1 is 1.57 bits per heavy atom. The van der Waals surface area contributed by atoms with Crippen LogP contribution in [-0.4, -0.2) is 33.2 Å². The van der Waals surface area contributed by atoms with Crippen molar-refractivity contribution in [3.8, 4) is 0 Å². The van der Waals surface area contributed by atoms with Gasteiger partial charge in [-0.05, 0) is 6.42 Å². The van der Waals surface area contributed by atoms with E-state index in [1.165, 1.54) is 11.8 Å². The van der Waals surface area contributed by atoms with Crippen LogP contribution in [0.5, 0.6) is 0 Å². The highest BCUT2D eigenvalue weighted by atomic mass is 32.2. The average molecular weight is 217 g/mol. The first-order valence-corrected chi connectivity index (χ1v) is 5.38. The fourth-order valence-electron chi connectivity index (χ4n) is 0.978. The quantitative estimate of drug-likeness (QED) is 0.701. The summed E-state index contributed by atoms with van der Waals surface area (Å²) in [4.78, 5) is 0. The standard InChI is InChI=1S/C8H15N3O2S/c1-3-6(9)7(4-12)14-8-11-10-5(2)13-8/h6-7,12H,3-4,9H2,1-2H3. The predicted octanol–water partition coefficient (Wildman–Crippen LogP) is 0.568. The van der Waals surface area contributed by atoms with Crippen molar-refractivity contribution in [2.45, 2.75) is 36.8 Å². The molecule has 0 bridgehead atoms. The number of aryl methyl sites for hydroxylation is 1. The van der Waals surface area contributed by atoms with Crippen molar-refractivity contribution >= 4 is 11.8 Å². The lowest BCUT2D eigenvalue weighted by Crippen LogP contribution is -2.34. The van der Waals surface area contributed by atoms with Gasteiger partial charge in [0.05, 0.1) is 11.9 Å². The van der Waals surface area contributed by atoms with Gasteiger partial charge in [0.15, 0.2) is 0 Å². The van der Waals surface area contributed by atoms with E-state index in [9.17, 15) is 0 Å². The second-order valence-corrected chi connectivity index (χ2v) is 4.19. The first-order chi connectivity index (χ1) is 6.67. The number of aliphatic hydroxyl groups is 1. The molecule has 0 aliphatic heterocycles. The molecule has 0 amide bonds. The highest BCUT2D eigenvalue weighted by Crippen LogP contribution is 2.23. The van der Waals surface area contributed by atoms with Crippen molar-refractivity contribution in [2.75, 3.05) is 6.61 Å². The van der Waals surface area contributed by atoms with E-state index in [-0.39, 0.29) is 17.9 Å². The molecule has 0 fully saturated rings. The predicted molar refractivity (Wildman–Crippen MR) is 54.0 cm³/mol. The molecule has 0 saturated carbocycles. The Morgan fingerprint density at radius 3 is 2.71 bits per heavy atom. The molecule has 5 nitrogen and oxygen atoms in total. The van der Waals surface area contributed by atoms with Crippen molar-refractivity contribution in [3.63, 3.8) is 0 Å². The van der Waals surface area contributed by atoms with Crippen LogP contribution in [0, 0.1) is 6.92 Å². The molecule has 0 aliphatic carbocycles. The topological polar surface area (TPSA) is 85.2 Å². The minimum atomic E-state index is -0.0835. The molecule has 2 unspecified atom stereocenters. The van der Waals surface area contributed by atoms with Crippen molar-refractivity contribution < 1.29 is 9.52 Å². The first kappa shape index (κ1) is 11.5. The van der Waals surface area contributed by atoms with Gasteiger partial charge in [0.1, 0.15) is 0 Å². The molecule has 1 aromatic heterocycles. The zero-order valence-electron chi connectivity index (χ0n) is 8.30. The van der Waals surface area contributed by atoms with E-state index in [1.54, 1.807) is 6.92 Å². The normalized spacial score (nSPS) is 15.4. The van der Waals surface area contributed by atoms with Gasteiger partial charge in [-0.1, -0.05) is 18.7 Å². The SMILES string of the molecule is CCC(N)C(CO)Sc1nnc(C)o1. The second kappa shape index (κ2) is 5.33. The Labute approximate surface area is 87.1 Å². The summed E-state index contributed by atoms with van der Waals surface area (Å²) in [5, 5.41) is 17.0. The maximum absolute atomic E-state index is 9.10. The molecule has 0 aliphatic rings. The number of aliphatic hydroxyl groups excluding tert-OH is 1. The monoisotopic (exact) mass is 217 g/mol. The van der Waals surface area contributed by atoms with Crippen LogP contribution >= 0.6 is 11.8 Å². The van der Waals surface area contributed by atoms with Crippen LogP contribution in [0.4, 0.5) is 0 Å². The van der Waals surface area contributed by atoms with E-state index in [0.717, 1.165) is 6.42 Å². The van der Waals surface area contributed by atoms with Gasteiger partial charge in [-0.2, -0.15) is 0 Å². The molecule has 80 valence electrons. The Bertz CT molecular complexity index is 279. The highest BCUT2D eigenvalue weighted by Gasteiger charge is 2.19. The van der Waals surface area contributed by atoms with Gasteiger partial charge in [0.2, 0.25) is 5.89 Å². The summed E-state index contributed by atoms with van der Waals surface area (Å²) in [5.74, 6) is 0.522. The van der Waals surface area contributed by atoms with Gasteiger partial charge in [-0.25, -0.2) is 0 Å². The van der Waals surface area contributed by atoms with E-state index in [2.05, 4.69) is 10.2 Å². The number of rotatable bonds is 5. The van der Waals surface area contributed by atoms with Crippen molar-refractivity contribution in [2.24, 2.45) is 5.73 Å². The number of thioether (sulfide) groups is 1. The number of aromatic nitrogens is 2. The van der Waals surface area contributed by atoms with E-state index in [4.69, 9.17) is 15.3 Å². The number of nitrogens with two attached hydrogens (primary N) is 1. The van der Waals surface area contributed by atoms with Gasteiger partial charge in [0.25, 0.3) is 5.22 Å². The van der Waals surface area contributed by atoms with E-state index >= 15 is 0 Å². The van der Waals surface area contributed by atoms with Gasteiger partial charge < -0.3 is 15.3 Å². The van der Waals surface area contributed by atoms with Gasteiger partial charge in [-0.3, -0.25) is 0 Å². The lowest BCUT2D eigenvalue weighted by atomic mass is 10.2. The molecule has 6 heteroatoms. The summed E-state index contributed by atoms with van der Waals surface area (Å²) in [6, 6.07) is -0.0581. The van der Waals surface area contributed by atoms with Crippen LogP contribution in [0.25, 0.3) is 0 Å². The molecule has 3 N–H and O–H groups in total. The third kappa shape index (κ3) is 2.97. The fourth-order valence-corrected chi connectivity index (χ4v) is 1.94. The van der Waals surface area contributed by atoms with E-state index < -0.39 is 0 Å². The highest BCUT2D eigenvalue weighted by molar-refractivity contribution is 7.99. The van der Waals surface area contributed by atoms with Crippen molar-refractivity contribution in [1.82, 2.24) is 10.2 Å². The van der Waals surface area contributed by atoms with E-state index in [0.29, 0.717) is 11.1 Å². The summed E-state index contributed by atoms with van der Waals surface area (Å²) in [6.45, 7) is 3.72. The summed E-state index contributed by atoms with van der Waals surface area (Å²) >= 11 is 1.33. The largest absolute Gasteiger partial charge is 0.416 e. The molecular formula is C8H15N3O2S. The molecule has 0 saturated heterocycles. The Kier molecular flexibility index (Phi) is 4.37. The molecule has 1 heterocycles. The summed E-state index contributed by atoms with van der Waals surface area (Å²) < 4.78 is 5.18. The lowest BCUT2D eigenvalue weighted by Gasteiger charge is -2.17. The zero-order chi connectivity index (χ0) is 10.6. The van der Waals surface area contributed by atoms with Crippen LogP contribution in [-0.2, 0) is 0 Å². The van der Waals surface area contributed by atoms with Gasteiger partial charge in [-0.15, -0.1) is 10.2 Å². The van der Waals surface area contributed by atoms with E-state index in [1.807, 2.05) is 6.92 Å². The fraction of sp³-hybridized carbons (Fsp3) is 0.750. The number of hydrogen-bond donors (Lipinski definition) is 2. The van der Waals surface area contributed by atoms with Crippen LogP contribution in [0.3, 0.4) is 0 Å².